The summed E-state index contributed by atoms with van der Waals surface area (Å²) in [6.45, 7) is 2.88. The second-order valence-corrected chi connectivity index (χ2v) is 5.70. The Morgan fingerprint density at radius 2 is 1.85 bits per heavy atom. The summed E-state index contributed by atoms with van der Waals surface area (Å²) in [5.74, 6) is 0.764. The molecule has 2 heteroatoms. The molecule has 0 heterocycles. The maximum absolute atomic E-state index is 5.20. The van der Waals surface area contributed by atoms with Crippen molar-refractivity contribution >= 4 is 6.21 Å². The molecular weight excluding hydrogens is 246 g/mol. The van der Waals surface area contributed by atoms with Gasteiger partial charge in [0.1, 0.15) is 12.8 Å². The van der Waals surface area contributed by atoms with Gasteiger partial charge in [0.2, 0.25) is 0 Å². The van der Waals surface area contributed by atoms with Gasteiger partial charge in [0, 0.05) is 5.56 Å². The van der Waals surface area contributed by atoms with Crippen LogP contribution in [-0.4, -0.2) is 12.8 Å². The van der Waals surface area contributed by atoms with Crippen molar-refractivity contribution < 1.29 is 4.84 Å². The topological polar surface area (TPSA) is 21.6 Å². The molecule has 1 radical (unpaired) electrons. The van der Waals surface area contributed by atoms with Gasteiger partial charge in [0.15, 0.2) is 0 Å². The largest absolute Gasteiger partial charge is 0.395 e. The van der Waals surface area contributed by atoms with Crippen LogP contribution in [0.25, 0.3) is 0 Å². The van der Waals surface area contributed by atoms with E-state index in [1.54, 1.807) is 0 Å². The van der Waals surface area contributed by atoms with Gasteiger partial charge in [0.05, 0.1) is 0 Å². The molecule has 1 aromatic rings. The molecule has 0 saturated heterocycles. The predicted octanol–water partition coefficient (Wildman–Crippen LogP) is 5.15. The molecule has 109 valence electrons. The lowest BCUT2D eigenvalue weighted by molar-refractivity contribution is 0.141. The van der Waals surface area contributed by atoms with Crippen LogP contribution in [0.15, 0.2) is 29.4 Å². The van der Waals surface area contributed by atoms with Crippen LogP contribution >= 0.6 is 0 Å². The maximum atomic E-state index is 5.20. The summed E-state index contributed by atoms with van der Waals surface area (Å²) in [6.07, 6.45) is 13.3. The Bertz CT molecular complexity index is 390. The molecule has 1 saturated carbocycles. The summed E-state index contributed by atoms with van der Waals surface area (Å²) in [5.41, 5.74) is 2.47. The summed E-state index contributed by atoms with van der Waals surface area (Å²) >= 11 is 0. The van der Waals surface area contributed by atoms with Crippen LogP contribution in [0.1, 0.15) is 75.3 Å². The highest BCUT2D eigenvalue weighted by Crippen LogP contribution is 2.32. The van der Waals surface area contributed by atoms with Crippen LogP contribution in [-0.2, 0) is 4.84 Å². The van der Waals surface area contributed by atoms with Gasteiger partial charge >= 0.3 is 0 Å². The molecule has 0 aliphatic heterocycles. The third-order valence-electron chi connectivity index (χ3n) is 4.07. The molecule has 20 heavy (non-hydrogen) atoms. The molecule has 2 nitrogen and oxygen atoms in total. The van der Waals surface area contributed by atoms with Crippen molar-refractivity contribution in [2.45, 2.75) is 64.2 Å². The first-order chi connectivity index (χ1) is 9.90. The SMILES string of the molecule is CCCCCO/N=[C]/c1ccc(C2CCCCC2)cc1. The molecule has 0 amide bonds. The van der Waals surface area contributed by atoms with Crippen molar-refractivity contribution in [2.24, 2.45) is 5.16 Å². The lowest BCUT2D eigenvalue weighted by atomic mass is 9.84. The first-order valence-electron chi connectivity index (χ1n) is 8.08. The van der Waals surface area contributed by atoms with Gasteiger partial charge in [-0.1, -0.05) is 68.4 Å². The van der Waals surface area contributed by atoms with Gasteiger partial charge < -0.3 is 4.84 Å². The Balaban J connectivity index is 1.77. The van der Waals surface area contributed by atoms with E-state index in [0.29, 0.717) is 6.61 Å². The van der Waals surface area contributed by atoms with Crippen molar-refractivity contribution in [3.8, 4) is 0 Å². The predicted molar refractivity (Wildman–Crippen MR) is 84.3 cm³/mol. The fraction of sp³-hybridized carbons (Fsp3) is 0.611. The standard InChI is InChI=1S/C18H26NO/c1-2-3-7-14-20-19-15-16-10-12-18(13-11-16)17-8-5-4-6-9-17/h10-13,17H,2-9,14H2,1H3. The molecule has 0 N–H and O–H groups in total. The van der Waals surface area contributed by atoms with Crippen LogP contribution in [0.5, 0.6) is 0 Å². The van der Waals surface area contributed by atoms with E-state index in [2.05, 4.69) is 42.6 Å². The Hall–Kier alpha value is -1.31. The quantitative estimate of drug-likeness (QED) is 0.382. The van der Waals surface area contributed by atoms with E-state index in [1.165, 1.54) is 50.5 Å². The minimum Gasteiger partial charge on any atom is -0.395 e. The van der Waals surface area contributed by atoms with Crippen LogP contribution in [0.3, 0.4) is 0 Å². The zero-order chi connectivity index (χ0) is 14.0. The Kier molecular flexibility index (Phi) is 6.62. The second kappa shape index (κ2) is 8.78. The fourth-order valence-corrected chi connectivity index (χ4v) is 2.81. The molecule has 1 aliphatic carbocycles. The fourth-order valence-electron chi connectivity index (χ4n) is 2.81. The van der Waals surface area contributed by atoms with Crippen LogP contribution in [0.2, 0.25) is 0 Å². The third kappa shape index (κ3) is 4.99. The number of rotatable bonds is 7. The van der Waals surface area contributed by atoms with E-state index in [0.717, 1.165) is 17.9 Å². The van der Waals surface area contributed by atoms with Crippen molar-refractivity contribution in [3.05, 3.63) is 35.4 Å². The summed E-state index contributed by atoms with van der Waals surface area (Å²) in [6, 6.07) is 8.65. The van der Waals surface area contributed by atoms with Gasteiger partial charge in [-0.25, -0.2) is 0 Å². The number of hydrogen-bond donors (Lipinski definition) is 0. The van der Waals surface area contributed by atoms with E-state index >= 15 is 0 Å². The van der Waals surface area contributed by atoms with Crippen LogP contribution in [0, 0.1) is 0 Å². The highest BCUT2D eigenvalue weighted by Gasteiger charge is 2.14. The van der Waals surface area contributed by atoms with E-state index < -0.39 is 0 Å². The third-order valence-corrected chi connectivity index (χ3v) is 4.07. The summed E-state index contributed by atoms with van der Waals surface area (Å²) < 4.78 is 0. The smallest absolute Gasteiger partial charge is 0.139 e. The van der Waals surface area contributed by atoms with Crippen molar-refractivity contribution in [3.63, 3.8) is 0 Å². The number of unbranched alkanes of at least 4 members (excludes halogenated alkanes) is 2. The molecule has 1 aromatic carbocycles. The summed E-state index contributed by atoms with van der Waals surface area (Å²) in [7, 11) is 0. The first-order valence-corrected chi connectivity index (χ1v) is 8.08. The van der Waals surface area contributed by atoms with Gasteiger partial charge in [-0.15, -0.1) is 0 Å². The monoisotopic (exact) mass is 272 g/mol. The zero-order valence-electron chi connectivity index (χ0n) is 12.6. The minimum absolute atomic E-state index is 0.695. The van der Waals surface area contributed by atoms with Crippen molar-refractivity contribution in [1.29, 1.82) is 0 Å². The molecule has 1 aliphatic rings. The molecule has 0 spiro atoms. The number of nitrogens with zero attached hydrogens (tertiary/aromatic N) is 1. The second-order valence-electron chi connectivity index (χ2n) is 5.70. The summed E-state index contributed by atoms with van der Waals surface area (Å²) in [4.78, 5) is 5.20. The Labute approximate surface area is 123 Å². The molecule has 0 unspecified atom stereocenters. The number of benzene rings is 1. The maximum Gasteiger partial charge on any atom is 0.139 e. The van der Waals surface area contributed by atoms with E-state index in [-0.39, 0.29) is 0 Å². The van der Waals surface area contributed by atoms with Gasteiger partial charge in [-0.3, -0.25) is 0 Å². The Morgan fingerprint density at radius 1 is 1.10 bits per heavy atom. The van der Waals surface area contributed by atoms with Crippen LogP contribution in [0.4, 0.5) is 0 Å². The lowest BCUT2D eigenvalue weighted by Gasteiger charge is -2.21. The van der Waals surface area contributed by atoms with Gasteiger partial charge in [0.25, 0.3) is 0 Å². The molecule has 0 bridgehead atoms. The molecule has 0 atom stereocenters. The summed E-state index contributed by atoms with van der Waals surface area (Å²) in [5, 5.41) is 3.91. The molecule has 1 fully saturated rings. The first kappa shape index (κ1) is 15.1. The van der Waals surface area contributed by atoms with Crippen molar-refractivity contribution in [1.82, 2.24) is 0 Å². The van der Waals surface area contributed by atoms with Crippen molar-refractivity contribution in [2.75, 3.05) is 6.61 Å². The Morgan fingerprint density at radius 3 is 2.55 bits per heavy atom. The lowest BCUT2D eigenvalue weighted by Crippen LogP contribution is -2.04. The van der Waals surface area contributed by atoms with Crippen LogP contribution < -0.4 is 0 Å². The normalized spacial score (nSPS) is 16.6. The minimum atomic E-state index is 0.695. The van der Waals surface area contributed by atoms with E-state index in [4.69, 9.17) is 4.84 Å². The highest BCUT2D eigenvalue weighted by atomic mass is 16.6. The zero-order valence-corrected chi connectivity index (χ0v) is 12.6. The van der Waals surface area contributed by atoms with E-state index in [9.17, 15) is 0 Å². The number of hydrogen-bond acceptors (Lipinski definition) is 2. The molecule has 2 rings (SSSR count). The van der Waals surface area contributed by atoms with Gasteiger partial charge in [-0.05, 0) is 30.7 Å². The average Bonchev–Trinajstić information content (AvgIpc) is 2.52. The molecular formula is C18H26NO. The average molecular weight is 272 g/mol. The van der Waals surface area contributed by atoms with E-state index in [1.807, 2.05) is 0 Å². The molecule has 0 aromatic heterocycles. The van der Waals surface area contributed by atoms with Gasteiger partial charge in [-0.2, -0.15) is 0 Å². The highest BCUT2D eigenvalue weighted by molar-refractivity contribution is 5.79.